The third kappa shape index (κ3) is 3.00. The van der Waals surface area contributed by atoms with Crippen LogP contribution in [0.4, 0.5) is 5.69 Å². The second-order valence-corrected chi connectivity index (χ2v) is 6.60. The van der Waals surface area contributed by atoms with Crippen LogP contribution >= 0.6 is 0 Å². The highest BCUT2D eigenvalue weighted by Gasteiger charge is 2.40. The molecule has 2 aliphatic heterocycles. The molecule has 0 saturated carbocycles. The van der Waals surface area contributed by atoms with Crippen molar-refractivity contribution in [1.29, 1.82) is 0 Å². The van der Waals surface area contributed by atoms with Gasteiger partial charge in [-0.2, -0.15) is 0 Å². The number of rotatable bonds is 3. The quantitative estimate of drug-likeness (QED) is 0.885. The number of carbonyl (C=O) groups is 3. The lowest BCUT2D eigenvalue weighted by Gasteiger charge is -2.34. The summed E-state index contributed by atoms with van der Waals surface area (Å²) in [7, 11) is 0. The van der Waals surface area contributed by atoms with E-state index in [9.17, 15) is 14.4 Å². The van der Waals surface area contributed by atoms with Crippen molar-refractivity contribution >= 4 is 23.4 Å². The molecule has 3 atom stereocenters. The molecule has 1 aromatic carbocycles. The Morgan fingerprint density at radius 2 is 2.08 bits per heavy atom. The first kappa shape index (κ1) is 16.5. The van der Waals surface area contributed by atoms with Crippen molar-refractivity contribution in [2.75, 3.05) is 5.32 Å². The molecule has 0 spiro atoms. The van der Waals surface area contributed by atoms with Gasteiger partial charge in [0, 0.05) is 18.7 Å². The van der Waals surface area contributed by atoms with Crippen molar-refractivity contribution in [3.8, 4) is 0 Å². The fourth-order valence-corrected chi connectivity index (χ4v) is 3.41. The van der Waals surface area contributed by atoms with Gasteiger partial charge in [-0.25, -0.2) is 0 Å². The van der Waals surface area contributed by atoms with E-state index in [1.807, 2.05) is 38.1 Å². The summed E-state index contributed by atoms with van der Waals surface area (Å²) in [5, 5.41) is 5.68. The third-order valence-electron chi connectivity index (χ3n) is 4.98. The highest BCUT2D eigenvalue weighted by Crippen LogP contribution is 2.28. The van der Waals surface area contributed by atoms with Crippen LogP contribution in [0.25, 0.3) is 0 Å². The minimum absolute atomic E-state index is 0.0281. The fraction of sp³-hybridized carbons (Fsp3) is 0.500. The lowest BCUT2D eigenvalue weighted by molar-refractivity contribution is -0.142. The van der Waals surface area contributed by atoms with Crippen molar-refractivity contribution < 1.29 is 14.4 Å². The zero-order valence-electron chi connectivity index (χ0n) is 14.0. The van der Waals surface area contributed by atoms with Crippen molar-refractivity contribution in [3.05, 3.63) is 29.8 Å². The van der Waals surface area contributed by atoms with Crippen LogP contribution < -0.4 is 10.6 Å². The molecule has 2 heterocycles. The lowest BCUT2D eigenvalue weighted by atomic mass is 9.96. The summed E-state index contributed by atoms with van der Waals surface area (Å²) in [5.41, 5.74) is 1.66. The van der Waals surface area contributed by atoms with Gasteiger partial charge in [0.2, 0.25) is 17.7 Å². The van der Waals surface area contributed by atoms with Crippen LogP contribution in [0.3, 0.4) is 0 Å². The van der Waals surface area contributed by atoms with E-state index in [1.165, 1.54) is 0 Å². The number of benzene rings is 1. The van der Waals surface area contributed by atoms with Gasteiger partial charge < -0.3 is 15.5 Å². The molecular weight excluding hydrogens is 306 g/mol. The highest BCUT2D eigenvalue weighted by molar-refractivity contribution is 6.00. The van der Waals surface area contributed by atoms with Gasteiger partial charge in [-0.3, -0.25) is 14.4 Å². The molecule has 0 aromatic heterocycles. The Bertz CT molecular complexity index is 673. The Morgan fingerprint density at radius 1 is 1.33 bits per heavy atom. The van der Waals surface area contributed by atoms with Gasteiger partial charge in [-0.1, -0.05) is 38.5 Å². The minimum Gasteiger partial charge on any atom is -0.344 e. The highest BCUT2D eigenvalue weighted by atomic mass is 16.2. The Morgan fingerprint density at radius 3 is 2.75 bits per heavy atom. The molecule has 1 saturated heterocycles. The maximum absolute atomic E-state index is 13.0. The van der Waals surface area contributed by atoms with Gasteiger partial charge in [0.1, 0.15) is 12.1 Å². The van der Waals surface area contributed by atoms with Crippen LogP contribution in [0.5, 0.6) is 0 Å². The largest absolute Gasteiger partial charge is 0.344 e. The number of fused-ring (bicyclic) bond motifs is 1. The molecule has 0 radical (unpaired) electrons. The second kappa shape index (κ2) is 6.63. The average Bonchev–Trinajstić information content (AvgIpc) is 2.94. The zero-order valence-corrected chi connectivity index (χ0v) is 14.0. The molecule has 3 unspecified atom stereocenters. The van der Waals surface area contributed by atoms with E-state index in [0.29, 0.717) is 19.4 Å². The van der Waals surface area contributed by atoms with E-state index < -0.39 is 12.1 Å². The van der Waals surface area contributed by atoms with Gasteiger partial charge in [-0.05, 0) is 24.0 Å². The molecular formula is C18H23N3O3. The smallest absolute Gasteiger partial charge is 0.247 e. The normalized spacial score (nSPS) is 24.7. The molecule has 3 rings (SSSR count). The number of hydrogen-bond donors (Lipinski definition) is 2. The van der Waals surface area contributed by atoms with Crippen molar-refractivity contribution in [2.45, 2.75) is 51.7 Å². The van der Waals surface area contributed by atoms with Crippen LogP contribution in [0.1, 0.15) is 38.7 Å². The van der Waals surface area contributed by atoms with Crippen molar-refractivity contribution in [3.63, 3.8) is 0 Å². The number of nitrogens with zero attached hydrogens (tertiary/aromatic N) is 1. The van der Waals surface area contributed by atoms with Crippen LogP contribution in [0.2, 0.25) is 0 Å². The SMILES string of the molecule is CCC(C)C1C(=O)Nc2ccccc2CN1C(=O)C1CCC(=O)N1. The molecule has 0 aliphatic carbocycles. The van der Waals surface area contributed by atoms with E-state index in [4.69, 9.17) is 0 Å². The number of para-hydroxylation sites is 1. The lowest BCUT2D eigenvalue weighted by Crippen LogP contribution is -2.53. The Labute approximate surface area is 141 Å². The number of anilines is 1. The molecule has 24 heavy (non-hydrogen) atoms. The van der Waals surface area contributed by atoms with Crippen molar-refractivity contribution in [2.24, 2.45) is 5.92 Å². The summed E-state index contributed by atoms with van der Waals surface area (Å²) in [6, 6.07) is 6.48. The monoisotopic (exact) mass is 329 g/mol. The summed E-state index contributed by atoms with van der Waals surface area (Å²) < 4.78 is 0. The summed E-state index contributed by atoms with van der Waals surface area (Å²) in [6.07, 6.45) is 1.64. The van der Waals surface area contributed by atoms with Crippen LogP contribution in [0.15, 0.2) is 24.3 Å². The molecule has 0 bridgehead atoms. The first-order chi connectivity index (χ1) is 11.5. The number of amides is 3. The zero-order chi connectivity index (χ0) is 17.3. The van der Waals surface area contributed by atoms with Gasteiger partial charge >= 0.3 is 0 Å². The number of carbonyl (C=O) groups excluding carboxylic acids is 3. The first-order valence-electron chi connectivity index (χ1n) is 8.50. The number of nitrogens with one attached hydrogen (secondary N) is 2. The van der Waals surface area contributed by atoms with E-state index in [2.05, 4.69) is 10.6 Å². The predicted molar refractivity (Wildman–Crippen MR) is 90.0 cm³/mol. The van der Waals surface area contributed by atoms with E-state index in [0.717, 1.165) is 17.7 Å². The van der Waals surface area contributed by atoms with E-state index >= 15 is 0 Å². The van der Waals surface area contributed by atoms with Crippen LogP contribution in [-0.4, -0.2) is 34.7 Å². The molecule has 2 aliphatic rings. The molecule has 128 valence electrons. The van der Waals surface area contributed by atoms with Crippen LogP contribution in [-0.2, 0) is 20.9 Å². The van der Waals surface area contributed by atoms with Gasteiger partial charge in [0.05, 0.1) is 0 Å². The Balaban J connectivity index is 1.96. The Hall–Kier alpha value is -2.37. The standard InChI is InChI=1S/C18H23N3O3/c1-3-11(2)16-17(23)20-13-7-5-4-6-12(13)10-21(16)18(24)14-8-9-15(22)19-14/h4-7,11,14,16H,3,8-10H2,1-2H3,(H,19,22)(H,20,23). The predicted octanol–water partition coefficient (Wildman–Crippen LogP) is 1.66. The topological polar surface area (TPSA) is 78.5 Å². The molecule has 1 fully saturated rings. The minimum atomic E-state index is -0.535. The van der Waals surface area contributed by atoms with Gasteiger partial charge in [0.15, 0.2) is 0 Å². The van der Waals surface area contributed by atoms with Crippen LogP contribution in [0, 0.1) is 5.92 Å². The van der Waals surface area contributed by atoms with Crippen molar-refractivity contribution in [1.82, 2.24) is 10.2 Å². The second-order valence-electron chi connectivity index (χ2n) is 6.60. The van der Waals surface area contributed by atoms with E-state index in [-0.39, 0.29) is 23.6 Å². The summed E-state index contributed by atoms with van der Waals surface area (Å²) in [5.74, 6) is -0.404. The fourth-order valence-electron chi connectivity index (χ4n) is 3.41. The number of hydrogen-bond acceptors (Lipinski definition) is 3. The summed E-state index contributed by atoms with van der Waals surface area (Å²) >= 11 is 0. The molecule has 2 N–H and O–H groups in total. The molecule has 6 nitrogen and oxygen atoms in total. The average molecular weight is 329 g/mol. The maximum Gasteiger partial charge on any atom is 0.247 e. The maximum atomic E-state index is 13.0. The molecule has 6 heteroatoms. The third-order valence-corrected chi connectivity index (χ3v) is 4.98. The van der Waals surface area contributed by atoms with Gasteiger partial charge in [0.25, 0.3) is 0 Å². The molecule has 3 amide bonds. The Kier molecular flexibility index (Phi) is 4.55. The summed E-state index contributed by atoms with van der Waals surface area (Å²) in [4.78, 5) is 38.9. The van der Waals surface area contributed by atoms with Gasteiger partial charge in [-0.15, -0.1) is 0 Å². The molecule has 1 aromatic rings. The summed E-state index contributed by atoms with van der Waals surface area (Å²) in [6.45, 7) is 4.36. The first-order valence-corrected chi connectivity index (χ1v) is 8.50. The van der Waals surface area contributed by atoms with E-state index in [1.54, 1.807) is 4.90 Å².